The second-order valence-corrected chi connectivity index (χ2v) is 10.5. The van der Waals surface area contributed by atoms with Crippen LogP contribution < -0.4 is 5.32 Å². The van der Waals surface area contributed by atoms with Gasteiger partial charge in [0.2, 0.25) is 0 Å². The predicted octanol–water partition coefficient (Wildman–Crippen LogP) is 8.44. The average molecular weight is 498 g/mol. The largest absolute Gasteiger partial charge is 0.481 e. The molecule has 0 rings (SSSR count). The zero-order valence-corrected chi connectivity index (χ0v) is 23.8. The Labute approximate surface area is 217 Å². The molecule has 5 nitrogen and oxygen atoms in total. The van der Waals surface area contributed by atoms with Gasteiger partial charge in [-0.1, -0.05) is 124 Å². The van der Waals surface area contributed by atoms with Gasteiger partial charge in [-0.15, -0.1) is 0 Å². The lowest BCUT2D eigenvalue weighted by Gasteiger charge is -2.23. The number of carbonyl (C=O) groups excluding carboxylic acids is 1. The van der Waals surface area contributed by atoms with Crippen molar-refractivity contribution in [3.63, 3.8) is 0 Å². The molecular weight excluding hydrogens is 438 g/mol. The number of ether oxygens (including phenoxy) is 1. The number of esters is 1. The van der Waals surface area contributed by atoms with Gasteiger partial charge in [0.25, 0.3) is 0 Å². The fourth-order valence-electron chi connectivity index (χ4n) is 4.71. The molecule has 0 aliphatic heterocycles. The van der Waals surface area contributed by atoms with Crippen LogP contribution in [0.25, 0.3) is 0 Å². The molecule has 3 atom stereocenters. The first-order valence-electron chi connectivity index (χ1n) is 15.1. The smallest absolute Gasteiger partial charge is 0.324 e. The van der Waals surface area contributed by atoms with E-state index in [0.717, 1.165) is 51.4 Å². The van der Waals surface area contributed by atoms with Crippen LogP contribution in [0, 0.1) is 5.92 Å². The third-order valence-corrected chi connectivity index (χ3v) is 7.13. The van der Waals surface area contributed by atoms with Crippen LogP contribution in [0.4, 0.5) is 0 Å². The molecule has 0 amide bonds. The van der Waals surface area contributed by atoms with E-state index >= 15 is 0 Å². The fourth-order valence-corrected chi connectivity index (χ4v) is 4.71. The van der Waals surface area contributed by atoms with Crippen molar-refractivity contribution < 1.29 is 19.4 Å². The molecule has 0 bridgehead atoms. The molecule has 0 saturated carbocycles. The van der Waals surface area contributed by atoms with Crippen molar-refractivity contribution in [3.8, 4) is 0 Å². The van der Waals surface area contributed by atoms with E-state index in [4.69, 9.17) is 4.74 Å². The van der Waals surface area contributed by atoms with Gasteiger partial charge in [-0.05, 0) is 38.1 Å². The summed E-state index contributed by atoms with van der Waals surface area (Å²) < 4.78 is 5.84. The average Bonchev–Trinajstić information content (AvgIpc) is 2.83. The molecule has 0 spiro atoms. The molecule has 0 aromatic rings. The lowest BCUT2D eigenvalue weighted by Crippen LogP contribution is -2.43. The number of aliphatic carboxylic acids is 1. The zero-order chi connectivity index (χ0) is 26.2. The van der Waals surface area contributed by atoms with Crippen molar-refractivity contribution in [2.45, 2.75) is 168 Å². The van der Waals surface area contributed by atoms with E-state index in [-0.39, 0.29) is 12.5 Å². The molecule has 2 unspecified atom stereocenters. The van der Waals surface area contributed by atoms with Crippen LogP contribution in [0.3, 0.4) is 0 Å². The summed E-state index contributed by atoms with van der Waals surface area (Å²) in [6.45, 7) is 9.36. The first-order valence-corrected chi connectivity index (χ1v) is 15.1. The number of carboxylic acid groups (broad SMARTS) is 1. The molecule has 2 N–H and O–H groups in total. The van der Waals surface area contributed by atoms with Crippen molar-refractivity contribution in [3.05, 3.63) is 0 Å². The molecule has 0 saturated heterocycles. The summed E-state index contributed by atoms with van der Waals surface area (Å²) in [6, 6.07) is -0.760. The summed E-state index contributed by atoms with van der Waals surface area (Å²) in [5.74, 6) is -0.893. The van der Waals surface area contributed by atoms with Gasteiger partial charge in [0.1, 0.15) is 12.1 Å². The third-order valence-electron chi connectivity index (χ3n) is 7.13. The lowest BCUT2D eigenvalue weighted by atomic mass is 9.99. The minimum Gasteiger partial charge on any atom is -0.481 e. The maximum atomic E-state index is 12.8. The van der Waals surface area contributed by atoms with E-state index in [2.05, 4.69) is 33.0 Å². The highest BCUT2D eigenvalue weighted by Crippen LogP contribution is 2.17. The Morgan fingerprint density at radius 3 is 1.71 bits per heavy atom. The number of hydrogen-bond donors (Lipinski definition) is 2. The molecule has 0 aromatic heterocycles. The van der Waals surface area contributed by atoms with Gasteiger partial charge in [-0.25, -0.2) is 0 Å². The minimum absolute atomic E-state index is 0.101. The van der Waals surface area contributed by atoms with Gasteiger partial charge in [-0.2, -0.15) is 0 Å². The van der Waals surface area contributed by atoms with Gasteiger partial charge in [-0.3, -0.25) is 9.59 Å². The molecule has 0 aromatic carbocycles. The molecule has 208 valence electrons. The van der Waals surface area contributed by atoms with E-state index in [0.29, 0.717) is 12.5 Å². The maximum absolute atomic E-state index is 12.8. The summed E-state index contributed by atoms with van der Waals surface area (Å²) in [5, 5.41) is 12.5. The van der Waals surface area contributed by atoms with Gasteiger partial charge in [0.05, 0.1) is 6.42 Å². The highest BCUT2D eigenvalue weighted by Gasteiger charge is 2.26. The summed E-state index contributed by atoms with van der Waals surface area (Å²) in [7, 11) is 0. The second kappa shape index (κ2) is 24.6. The Morgan fingerprint density at radius 1 is 0.686 bits per heavy atom. The Hall–Kier alpha value is -1.10. The van der Waals surface area contributed by atoms with Crippen LogP contribution in [0.2, 0.25) is 0 Å². The van der Waals surface area contributed by atoms with E-state index in [1.807, 2.05) is 0 Å². The third kappa shape index (κ3) is 20.8. The van der Waals surface area contributed by atoms with Gasteiger partial charge < -0.3 is 15.2 Å². The van der Waals surface area contributed by atoms with Crippen molar-refractivity contribution >= 4 is 11.9 Å². The second-order valence-electron chi connectivity index (χ2n) is 10.5. The molecule has 0 radical (unpaired) electrons. The topological polar surface area (TPSA) is 75.6 Å². The van der Waals surface area contributed by atoms with Crippen molar-refractivity contribution in [2.24, 2.45) is 5.92 Å². The molecule has 0 aliphatic carbocycles. The molecule has 0 fully saturated rings. The summed E-state index contributed by atoms with van der Waals surface area (Å²) >= 11 is 0. The Bertz CT molecular complexity index is 497. The van der Waals surface area contributed by atoms with Crippen LogP contribution in [0.5, 0.6) is 0 Å². The number of rotatable bonds is 26. The van der Waals surface area contributed by atoms with Gasteiger partial charge >= 0.3 is 11.9 Å². The van der Waals surface area contributed by atoms with Gasteiger partial charge in [0, 0.05) is 0 Å². The van der Waals surface area contributed by atoms with E-state index in [1.54, 1.807) is 0 Å². The monoisotopic (exact) mass is 497 g/mol. The van der Waals surface area contributed by atoms with Gasteiger partial charge in [0.15, 0.2) is 0 Å². The van der Waals surface area contributed by atoms with E-state index < -0.39 is 18.0 Å². The molecule has 35 heavy (non-hydrogen) atoms. The number of carboxylic acids is 1. The van der Waals surface area contributed by atoms with E-state index in [9.17, 15) is 14.7 Å². The first kappa shape index (κ1) is 33.9. The molecular formula is C30H59NO4. The summed E-state index contributed by atoms with van der Waals surface area (Å²) in [4.78, 5) is 24.2. The highest BCUT2D eigenvalue weighted by atomic mass is 16.5. The molecule has 0 aliphatic rings. The van der Waals surface area contributed by atoms with E-state index in [1.165, 1.54) is 70.6 Å². The highest BCUT2D eigenvalue weighted by molar-refractivity contribution is 5.82. The van der Waals surface area contributed by atoms with Crippen LogP contribution in [0.1, 0.15) is 156 Å². The number of carbonyl (C=O) groups is 2. The Morgan fingerprint density at radius 2 is 1.23 bits per heavy atom. The Balaban J connectivity index is 4.29. The molecule has 5 heteroatoms. The van der Waals surface area contributed by atoms with Crippen LogP contribution >= 0.6 is 0 Å². The normalized spacial score (nSPS) is 13.9. The SMILES string of the molecule is CCCCCCCCCCCCCCC(CCC)OC(=O)[C@H](CC(=O)O)NCC(CC)CCCC. The Kier molecular flexibility index (Phi) is 23.8. The minimum atomic E-state index is -0.964. The van der Waals surface area contributed by atoms with Crippen molar-refractivity contribution in [1.82, 2.24) is 5.32 Å². The number of nitrogens with one attached hydrogen (secondary N) is 1. The van der Waals surface area contributed by atoms with Crippen molar-refractivity contribution in [1.29, 1.82) is 0 Å². The fraction of sp³-hybridized carbons (Fsp3) is 0.933. The molecule has 0 heterocycles. The van der Waals surface area contributed by atoms with Crippen LogP contribution in [0.15, 0.2) is 0 Å². The van der Waals surface area contributed by atoms with Crippen LogP contribution in [-0.4, -0.2) is 35.7 Å². The maximum Gasteiger partial charge on any atom is 0.324 e. The number of hydrogen-bond acceptors (Lipinski definition) is 4. The summed E-state index contributed by atoms with van der Waals surface area (Å²) in [5.41, 5.74) is 0. The lowest BCUT2D eigenvalue weighted by molar-refractivity contribution is -0.155. The number of unbranched alkanes of at least 4 members (excludes halogenated alkanes) is 12. The standard InChI is InChI=1S/C30H59NO4/c1-5-9-11-12-13-14-15-16-17-18-19-20-23-27(21-7-3)35-30(34)28(24-29(32)33)31-25-26(8-4)22-10-6-2/h26-28,31H,5-25H2,1-4H3,(H,32,33)/t26?,27?,28-/m0/s1. The quantitative estimate of drug-likeness (QED) is 0.0926. The van der Waals surface area contributed by atoms with Crippen LogP contribution in [-0.2, 0) is 14.3 Å². The summed E-state index contributed by atoms with van der Waals surface area (Å²) in [6.07, 6.45) is 22.5. The predicted molar refractivity (Wildman–Crippen MR) is 148 cm³/mol. The van der Waals surface area contributed by atoms with Crippen molar-refractivity contribution in [2.75, 3.05) is 6.54 Å². The zero-order valence-electron chi connectivity index (χ0n) is 23.8. The first-order chi connectivity index (χ1) is 17.0.